The topological polar surface area (TPSA) is 43.1 Å². The molecule has 3 atom stereocenters. The summed E-state index contributed by atoms with van der Waals surface area (Å²) >= 11 is 5.86. The van der Waals surface area contributed by atoms with E-state index in [-0.39, 0.29) is 16.7 Å². The molecule has 2 N–H and O–H groups in total. The largest absolute Gasteiger partial charge is 0.327 e. The van der Waals surface area contributed by atoms with Crippen LogP contribution in [0, 0.1) is 5.41 Å². The zero-order valence-electron chi connectivity index (χ0n) is 11.6. The maximum Gasteiger partial charge on any atom is 0.0507 e. The van der Waals surface area contributed by atoms with Crippen LogP contribution in [0.15, 0.2) is 24.3 Å². The molecule has 106 valence electrons. The van der Waals surface area contributed by atoms with Gasteiger partial charge >= 0.3 is 0 Å². The Balaban J connectivity index is 2.04. The minimum absolute atomic E-state index is 0.0705. The van der Waals surface area contributed by atoms with Crippen molar-refractivity contribution in [1.29, 1.82) is 0 Å². The van der Waals surface area contributed by atoms with Crippen molar-refractivity contribution in [2.45, 2.75) is 50.2 Å². The van der Waals surface area contributed by atoms with E-state index in [1.165, 1.54) is 0 Å². The van der Waals surface area contributed by atoms with Crippen molar-refractivity contribution < 1.29 is 4.21 Å². The van der Waals surface area contributed by atoms with Gasteiger partial charge in [-0.2, -0.15) is 0 Å². The zero-order chi connectivity index (χ0) is 14.0. The van der Waals surface area contributed by atoms with E-state index >= 15 is 0 Å². The van der Waals surface area contributed by atoms with Crippen LogP contribution in [0.2, 0.25) is 5.02 Å². The predicted octanol–water partition coefficient (Wildman–Crippen LogP) is 3.49. The van der Waals surface area contributed by atoms with Crippen LogP contribution >= 0.6 is 11.6 Å². The fraction of sp³-hybridized carbons (Fsp3) is 0.600. The average Bonchev–Trinajstić information content (AvgIpc) is 2.35. The highest BCUT2D eigenvalue weighted by Crippen LogP contribution is 2.37. The molecule has 0 spiro atoms. The van der Waals surface area contributed by atoms with Crippen LogP contribution in [0.5, 0.6) is 0 Å². The lowest BCUT2D eigenvalue weighted by Crippen LogP contribution is -2.45. The quantitative estimate of drug-likeness (QED) is 0.928. The Kier molecular flexibility index (Phi) is 4.70. The van der Waals surface area contributed by atoms with Crippen LogP contribution in [-0.2, 0) is 16.6 Å². The van der Waals surface area contributed by atoms with Crippen LogP contribution in [-0.4, -0.2) is 15.5 Å². The Bertz CT molecular complexity index is 458. The second-order valence-corrected chi connectivity index (χ2v) is 8.35. The second-order valence-electron chi connectivity index (χ2n) is 6.26. The summed E-state index contributed by atoms with van der Waals surface area (Å²) in [6.45, 7) is 4.48. The highest BCUT2D eigenvalue weighted by Gasteiger charge is 2.36. The molecule has 1 aliphatic carbocycles. The Morgan fingerprint density at radius 1 is 1.37 bits per heavy atom. The summed E-state index contributed by atoms with van der Waals surface area (Å²) in [6.07, 6.45) is 3.06. The molecule has 2 rings (SSSR count). The molecule has 3 unspecified atom stereocenters. The van der Waals surface area contributed by atoms with Crippen molar-refractivity contribution in [3.05, 3.63) is 34.9 Å². The third-order valence-corrected chi connectivity index (χ3v) is 6.01. The minimum Gasteiger partial charge on any atom is -0.327 e. The fourth-order valence-corrected chi connectivity index (χ4v) is 4.71. The standard InChI is InChI=1S/C15H22ClNOS/c1-15(2)8-7-13(17)14(9-15)19(18)10-11-3-5-12(16)6-4-11/h3-6,13-14H,7-10,17H2,1-2H3. The van der Waals surface area contributed by atoms with E-state index in [9.17, 15) is 4.21 Å². The Morgan fingerprint density at radius 3 is 2.63 bits per heavy atom. The predicted molar refractivity (Wildman–Crippen MR) is 82.7 cm³/mol. The highest BCUT2D eigenvalue weighted by atomic mass is 35.5. The van der Waals surface area contributed by atoms with Gasteiger partial charge in [0.2, 0.25) is 0 Å². The van der Waals surface area contributed by atoms with Crippen molar-refractivity contribution in [1.82, 2.24) is 0 Å². The molecule has 0 radical (unpaired) electrons. The summed E-state index contributed by atoms with van der Waals surface area (Å²) in [5.74, 6) is 0.575. The van der Waals surface area contributed by atoms with Gasteiger partial charge in [-0.15, -0.1) is 0 Å². The maximum absolute atomic E-state index is 12.5. The van der Waals surface area contributed by atoms with E-state index in [4.69, 9.17) is 17.3 Å². The van der Waals surface area contributed by atoms with Gasteiger partial charge in [-0.3, -0.25) is 4.21 Å². The maximum atomic E-state index is 12.5. The molecule has 19 heavy (non-hydrogen) atoms. The summed E-state index contributed by atoms with van der Waals surface area (Å²) in [5, 5.41) is 0.824. The number of benzene rings is 1. The molecule has 1 saturated carbocycles. The number of hydrogen-bond donors (Lipinski definition) is 1. The van der Waals surface area contributed by atoms with Crippen molar-refractivity contribution in [2.75, 3.05) is 0 Å². The monoisotopic (exact) mass is 299 g/mol. The smallest absolute Gasteiger partial charge is 0.0507 e. The van der Waals surface area contributed by atoms with Gasteiger partial charge in [0.1, 0.15) is 0 Å². The van der Waals surface area contributed by atoms with Crippen LogP contribution in [0.1, 0.15) is 38.7 Å². The normalized spacial score (nSPS) is 28.0. The first-order chi connectivity index (χ1) is 8.87. The second kappa shape index (κ2) is 5.94. The fourth-order valence-electron chi connectivity index (χ4n) is 2.68. The van der Waals surface area contributed by atoms with Gasteiger partial charge in [-0.25, -0.2) is 0 Å². The van der Waals surface area contributed by atoms with E-state index in [2.05, 4.69) is 13.8 Å². The minimum atomic E-state index is -0.909. The third kappa shape index (κ3) is 4.04. The summed E-state index contributed by atoms with van der Waals surface area (Å²) in [6, 6.07) is 7.65. The summed E-state index contributed by atoms with van der Waals surface area (Å²) in [4.78, 5) is 0. The molecule has 1 aliphatic rings. The van der Waals surface area contributed by atoms with Crippen molar-refractivity contribution in [3.8, 4) is 0 Å². The molecule has 0 bridgehead atoms. The van der Waals surface area contributed by atoms with Crippen LogP contribution < -0.4 is 5.73 Å². The van der Waals surface area contributed by atoms with E-state index in [1.807, 2.05) is 24.3 Å². The van der Waals surface area contributed by atoms with Crippen molar-refractivity contribution in [3.63, 3.8) is 0 Å². The molecule has 0 saturated heterocycles. The first-order valence-corrected chi connectivity index (χ1v) is 8.51. The van der Waals surface area contributed by atoms with E-state index in [0.717, 1.165) is 24.8 Å². The number of halogens is 1. The molecule has 0 aliphatic heterocycles. The summed E-state index contributed by atoms with van der Waals surface area (Å²) < 4.78 is 12.5. The molecule has 2 nitrogen and oxygen atoms in total. The summed E-state index contributed by atoms with van der Waals surface area (Å²) in [5.41, 5.74) is 7.49. The van der Waals surface area contributed by atoms with Gasteiger partial charge in [-0.05, 0) is 42.4 Å². The lowest BCUT2D eigenvalue weighted by molar-refractivity contribution is 0.230. The molecular weight excluding hydrogens is 278 g/mol. The molecular formula is C15H22ClNOS. The van der Waals surface area contributed by atoms with Gasteiger partial charge < -0.3 is 5.73 Å². The molecule has 0 aromatic heterocycles. The van der Waals surface area contributed by atoms with E-state index in [0.29, 0.717) is 10.8 Å². The Hall–Kier alpha value is -0.380. The van der Waals surface area contributed by atoms with Gasteiger partial charge in [0, 0.05) is 27.6 Å². The SMILES string of the molecule is CC1(C)CCC(N)C(S(=O)Cc2ccc(Cl)cc2)C1. The first-order valence-electron chi connectivity index (χ1n) is 6.75. The zero-order valence-corrected chi connectivity index (χ0v) is 13.1. The van der Waals surface area contributed by atoms with Crippen LogP contribution in [0.3, 0.4) is 0 Å². The number of nitrogens with two attached hydrogens (primary N) is 1. The average molecular weight is 300 g/mol. The molecule has 1 aromatic rings. The Morgan fingerprint density at radius 2 is 2.00 bits per heavy atom. The molecule has 1 aromatic carbocycles. The summed E-state index contributed by atoms with van der Waals surface area (Å²) in [7, 11) is -0.909. The Labute approximate surface area is 123 Å². The number of rotatable bonds is 3. The van der Waals surface area contributed by atoms with Crippen LogP contribution in [0.4, 0.5) is 0 Å². The molecule has 1 fully saturated rings. The number of hydrogen-bond acceptors (Lipinski definition) is 2. The highest BCUT2D eigenvalue weighted by molar-refractivity contribution is 7.84. The third-order valence-electron chi connectivity index (χ3n) is 3.95. The van der Waals surface area contributed by atoms with Crippen molar-refractivity contribution in [2.24, 2.45) is 11.1 Å². The van der Waals surface area contributed by atoms with E-state index < -0.39 is 10.8 Å². The molecule has 0 amide bonds. The lowest BCUT2D eigenvalue weighted by atomic mass is 9.75. The van der Waals surface area contributed by atoms with Gasteiger partial charge in [-0.1, -0.05) is 37.6 Å². The van der Waals surface area contributed by atoms with Crippen LogP contribution in [0.25, 0.3) is 0 Å². The molecule has 0 heterocycles. The first kappa shape index (κ1) is 15.0. The van der Waals surface area contributed by atoms with E-state index in [1.54, 1.807) is 0 Å². The van der Waals surface area contributed by atoms with Gasteiger partial charge in [0.05, 0.1) is 5.25 Å². The van der Waals surface area contributed by atoms with Crippen molar-refractivity contribution >= 4 is 22.4 Å². The van der Waals surface area contributed by atoms with Gasteiger partial charge in [0.15, 0.2) is 0 Å². The van der Waals surface area contributed by atoms with Gasteiger partial charge in [0.25, 0.3) is 0 Å². The molecule has 4 heteroatoms. The lowest BCUT2D eigenvalue weighted by Gasteiger charge is -2.38.